The molecule has 0 aromatic carbocycles. The monoisotopic (exact) mass is 248 g/mol. The van der Waals surface area contributed by atoms with Crippen molar-refractivity contribution in [3.63, 3.8) is 0 Å². The number of β-amino-alcohol motifs (C(OH)–C–C–N with tert-alkyl or cyclic N) is 1. The van der Waals surface area contributed by atoms with Crippen molar-refractivity contribution in [1.29, 1.82) is 0 Å². The van der Waals surface area contributed by atoms with Gasteiger partial charge in [0.15, 0.2) is 0 Å². The zero-order valence-corrected chi connectivity index (χ0v) is 10.4. The van der Waals surface area contributed by atoms with Crippen molar-refractivity contribution in [2.75, 3.05) is 6.54 Å². The molecule has 1 amide bonds. The van der Waals surface area contributed by atoms with Crippen LogP contribution in [0.25, 0.3) is 0 Å². The van der Waals surface area contributed by atoms with Gasteiger partial charge in [0.25, 0.3) is 0 Å². The molecule has 2 fully saturated rings. The Kier molecular flexibility index (Phi) is 5.02. The van der Waals surface area contributed by atoms with Gasteiger partial charge in [-0.25, -0.2) is 0 Å². The van der Waals surface area contributed by atoms with E-state index in [9.17, 15) is 9.90 Å². The minimum absolute atomic E-state index is 0. The molecule has 3 atom stereocenters. The molecule has 2 aliphatic rings. The molecule has 1 saturated carbocycles. The number of carbonyl (C=O) groups excluding carboxylic acids is 1. The lowest BCUT2D eigenvalue weighted by atomic mass is 10.1. The van der Waals surface area contributed by atoms with Crippen LogP contribution < -0.4 is 10.6 Å². The third kappa shape index (κ3) is 3.92. The Labute approximate surface area is 103 Å². The van der Waals surface area contributed by atoms with E-state index in [1.165, 1.54) is 12.8 Å². The van der Waals surface area contributed by atoms with E-state index in [1.807, 2.05) is 0 Å². The predicted molar refractivity (Wildman–Crippen MR) is 64.6 cm³/mol. The summed E-state index contributed by atoms with van der Waals surface area (Å²) in [6.45, 7) is 2.59. The largest absolute Gasteiger partial charge is 0.392 e. The third-order valence-corrected chi connectivity index (χ3v) is 3.20. The Hall–Kier alpha value is -0.320. The first kappa shape index (κ1) is 13.7. The lowest BCUT2D eigenvalue weighted by molar-refractivity contribution is -0.123. The lowest BCUT2D eigenvalue weighted by Gasteiger charge is -2.16. The molecule has 0 bridgehead atoms. The molecule has 1 saturated heterocycles. The summed E-state index contributed by atoms with van der Waals surface area (Å²) < 4.78 is 0. The van der Waals surface area contributed by atoms with Gasteiger partial charge in [-0.15, -0.1) is 12.4 Å². The van der Waals surface area contributed by atoms with Gasteiger partial charge in [0.1, 0.15) is 0 Å². The highest BCUT2D eigenvalue weighted by atomic mass is 35.5. The number of halogens is 1. The Morgan fingerprint density at radius 3 is 2.75 bits per heavy atom. The number of hydrogen-bond acceptors (Lipinski definition) is 3. The van der Waals surface area contributed by atoms with E-state index in [1.54, 1.807) is 0 Å². The second kappa shape index (κ2) is 5.84. The predicted octanol–water partition coefficient (Wildman–Crippen LogP) is 0.436. The summed E-state index contributed by atoms with van der Waals surface area (Å²) in [6, 6.07) is 0.0752. The van der Waals surface area contributed by atoms with Crippen LogP contribution in [0.4, 0.5) is 0 Å². The van der Waals surface area contributed by atoms with Crippen LogP contribution >= 0.6 is 12.4 Å². The maximum absolute atomic E-state index is 11.7. The molecule has 5 heteroatoms. The van der Waals surface area contributed by atoms with Crippen molar-refractivity contribution < 1.29 is 9.90 Å². The molecule has 1 aliphatic carbocycles. The van der Waals surface area contributed by atoms with E-state index in [0.717, 1.165) is 12.3 Å². The second-order valence-electron chi connectivity index (χ2n) is 4.94. The molecule has 4 nitrogen and oxygen atoms in total. The number of aliphatic hydroxyl groups is 1. The van der Waals surface area contributed by atoms with Crippen molar-refractivity contribution in [1.82, 2.24) is 10.6 Å². The Bertz CT molecular complexity index is 246. The fourth-order valence-corrected chi connectivity index (χ4v) is 2.17. The summed E-state index contributed by atoms with van der Waals surface area (Å²) in [6.07, 6.45) is 3.92. The van der Waals surface area contributed by atoms with E-state index in [4.69, 9.17) is 0 Å². The van der Waals surface area contributed by atoms with Crippen LogP contribution in [0.3, 0.4) is 0 Å². The first-order valence-electron chi connectivity index (χ1n) is 5.87. The van der Waals surface area contributed by atoms with Crippen molar-refractivity contribution in [2.45, 2.75) is 50.8 Å². The molecule has 0 aromatic heterocycles. The van der Waals surface area contributed by atoms with Gasteiger partial charge >= 0.3 is 0 Å². The summed E-state index contributed by atoms with van der Waals surface area (Å²) in [5, 5.41) is 15.3. The summed E-state index contributed by atoms with van der Waals surface area (Å²) in [7, 11) is 0. The molecule has 3 N–H and O–H groups in total. The molecule has 1 unspecified atom stereocenters. The fraction of sp³-hybridized carbons (Fsp3) is 0.909. The molecule has 0 aromatic rings. The molecule has 0 spiro atoms. The van der Waals surface area contributed by atoms with E-state index >= 15 is 0 Å². The first-order valence-corrected chi connectivity index (χ1v) is 5.87. The zero-order chi connectivity index (χ0) is 10.8. The Balaban J connectivity index is 0.00000128. The third-order valence-electron chi connectivity index (χ3n) is 3.20. The molecular weight excluding hydrogens is 228 g/mol. The molecule has 94 valence electrons. The fourth-order valence-electron chi connectivity index (χ4n) is 2.17. The summed E-state index contributed by atoms with van der Waals surface area (Å²) >= 11 is 0. The highest BCUT2D eigenvalue weighted by Gasteiger charge is 2.30. The number of nitrogens with one attached hydrogen (secondary N) is 2. The lowest BCUT2D eigenvalue weighted by Crippen LogP contribution is -2.44. The van der Waals surface area contributed by atoms with Crippen LogP contribution in [0.1, 0.15) is 32.6 Å². The highest BCUT2D eigenvalue weighted by molar-refractivity contribution is 5.85. The number of amides is 1. The first-order chi connectivity index (χ1) is 7.15. The Morgan fingerprint density at radius 2 is 2.25 bits per heavy atom. The van der Waals surface area contributed by atoms with Crippen LogP contribution in [0.15, 0.2) is 0 Å². The molecule has 2 rings (SSSR count). The summed E-state index contributed by atoms with van der Waals surface area (Å²) in [5.41, 5.74) is 0. The second-order valence-corrected chi connectivity index (χ2v) is 4.94. The topological polar surface area (TPSA) is 61.4 Å². The van der Waals surface area contributed by atoms with E-state index in [2.05, 4.69) is 17.6 Å². The van der Waals surface area contributed by atoms with Crippen molar-refractivity contribution in [3.05, 3.63) is 0 Å². The average molecular weight is 249 g/mol. The van der Waals surface area contributed by atoms with Crippen molar-refractivity contribution in [2.24, 2.45) is 5.92 Å². The van der Waals surface area contributed by atoms with Gasteiger partial charge in [-0.3, -0.25) is 4.79 Å². The molecule has 16 heavy (non-hydrogen) atoms. The van der Waals surface area contributed by atoms with Gasteiger partial charge in [0.2, 0.25) is 5.91 Å². The molecule has 0 radical (unpaired) electrons. The minimum atomic E-state index is -0.362. The molecular formula is C11H21ClN2O2. The van der Waals surface area contributed by atoms with Gasteiger partial charge in [0.05, 0.1) is 12.1 Å². The van der Waals surface area contributed by atoms with Crippen molar-refractivity contribution >= 4 is 18.3 Å². The summed E-state index contributed by atoms with van der Waals surface area (Å²) in [5.74, 6) is 0.877. The van der Waals surface area contributed by atoms with Crippen LogP contribution in [0.2, 0.25) is 0 Å². The van der Waals surface area contributed by atoms with Gasteiger partial charge in [-0.05, 0) is 25.7 Å². The summed E-state index contributed by atoms with van der Waals surface area (Å²) in [4.78, 5) is 11.7. The van der Waals surface area contributed by atoms with E-state index < -0.39 is 0 Å². The maximum Gasteiger partial charge on any atom is 0.237 e. The van der Waals surface area contributed by atoms with Gasteiger partial charge in [-0.1, -0.05) is 12.8 Å². The Morgan fingerprint density at radius 1 is 1.56 bits per heavy atom. The van der Waals surface area contributed by atoms with Crippen LogP contribution in [-0.2, 0) is 4.79 Å². The number of carbonyl (C=O) groups is 1. The van der Waals surface area contributed by atoms with Crippen LogP contribution in [0, 0.1) is 5.92 Å². The molecule has 1 aliphatic heterocycles. The van der Waals surface area contributed by atoms with E-state index in [0.29, 0.717) is 13.0 Å². The highest BCUT2D eigenvalue weighted by Crippen LogP contribution is 2.33. The quantitative estimate of drug-likeness (QED) is 0.677. The number of hydrogen-bond donors (Lipinski definition) is 3. The molecule has 1 heterocycles. The SMILES string of the molecule is CC(CC1CC1)NC(=O)[C@H]1C[C@@H](O)CN1.Cl. The van der Waals surface area contributed by atoms with Crippen molar-refractivity contribution in [3.8, 4) is 0 Å². The maximum atomic E-state index is 11.7. The van der Waals surface area contributed by atoms with Gasteiger partial charge < -0.3 is 15.7 Å². The van der Waals surface area contributed by atoms with Gasteiger partial charge in [0, 0.05) is 12.6 Å². The van der Waals surface area contributed by atoms with E-state index in [-0.39, 0.29) is 36.5 Å². The number of aliphatic hydroxyl groups excluding tert-OH is 1. The zero-order valence-electron chi connectivity index (χ0n) is 9.61. The normalized spacial score (nSPS) is 30.6. The average Bonchev–Trinajstić information content (AvgIpc) is 2.85. The smallest absolute Gasteiger partial charge is 0.237 e. The van der Waals surface area contributed by atoms with Crippen LogP contribution in [0.5, 0.6) is 0 Å². The standard InChI is InChI=1S/C11H20N2O2.ClH/c1-7(4-8-2-3-8)13-11(15)10-5-9(14)6-12-10;/h7-10,12,14H,2-6H2,1H3,(H,13,15);1H/t7?,9-,10-;/m1./s1. The van der Waals surface area contributed by atoms with Crippen LogP contribution in [-0.4, -0.2) is 35.7 Å². The van der Waals surface area contributed by atoms with Gasteiger partial charge in [-0.2, -0.15) is 0 Å². The number of rotatable bonds is 4. The minimum Gasteiger partial charge on any atom is -0.392 e.